The summed E-state index contributed by atoms with van der Waals surface area (Å²) in [5.41, 5.74) is 2.47. The Labute approximate surface area is 101 Å². The van der Waals surface area contributed by atoms with Crippen molar-refractivity contribution < 1.29 is 9.84 Å². The molecule has 2 rings (SSSR count). The van der Waals surface area contributed by atoms with Crippen LogP contribution in [0.5, 0.6) is 5.75 Å². The number of aliphatic hydroxyl groups excluding tert-OH is 1. The summed E-state index contributed by atoms with van der Waals surface area (Å²) in [7, 11) is 1.57. The Bertz CT molecular complexity index is 511. The molecular formula is C14H15NO2. The molecule has 2 aromatic rings. The minimum absolute atomic E-state index is 0.542. The molecule has 1 atom stereocenters. The molecular weight excluding hydrogens is 214 g/mol. The molecule has 1 N–H and O–H groups in total. The van der Waals surface area contributed by atoms with E-state index in [4.69, 9.17) is 4.74 Å². The first-order chi connectivity index (χ1) is 8.22. The molecule has 3 heteroatoms. The van der Waals surface area contributed by atoms with Crippen LogP contribution in [-0.4, -0.2) is 17.2 Å². The maximum Gasteiger partial charge on any atom is 0.143 e. The van der Waals surface area contributed by atoms with Crippen LogP contribution in [0.3, 0.4) is 0 Å². The number of hydrogen-bond acceptors (Lipinski definition) is 3. The highest BCUT2D eigenvalue weighted by atomic mass is 16.5. The highest BCUT2D eigenvalue weighted by molar-refractivity contribution is 5.36. The fraction of sp³-hybridized carbons (Fsp3) is 0.214. The van der Waals surface area contributed by atoms with Crippen molar-refractivity contribution in [2.45, 2.75) is 13.0 Å². The number of methoxy groups -OCH3 is 1. The van der Waals surface area contributed by atoms with E-state index >= 15 is 0 Å². The number of rotatable bonds is 3. The summed E-state index contributed by atoms with van der Waals surface area (Å²) >= 11 is 0. The third-order valence-corrected chi connectivity index (χ3v) is 2.64. The topological polar surface area (TPSA) is 42.4 Å². The maximum atomic E-state index is 10.3. The van der Waals surface area contributed by atoms with E-state index in [9.17, 15) is 5.11 Å². The Balaban J connectivity index is 2.40. The Morgan fingerprint density at radius 1 is 1.24 bits per heavy atom. The predicted molar refractivity (Wildman–Crippen MR) is 66.0 cm³/mol. The molecule has 0 spiro atoms. The second kappa shape index (κ2) is 4.97. The molecule has 0 saturated heterocycles. The van der Waals surface area contributed by atoms with Crippen molar-refractivity contribution in [2.24, 2.45) is 0 Å². The fourth-order valence-corrected chi connectivity index (χ4v) is 1.78. The van der Waals surface area contributed by atoms with Gasteiger partial charge >= 0.3 is 0 Å². The van der Waals surface area contributed by atoms with E-state index in [1.165, 1.54) is 0 Å². The van der Waals surface area contributed by atoms with Crippen LogP contribution in [0.25, 0.3) is 0 Å². The van der Waals surface area contributed by atoms with Crippen LogP contribution in [0.15, 0.2) is 42.6 Å². The summed E-state index contributed by atoms with van der Waals surface area (Å²) in [5, 5.41) is 10.3. The van der Waals surface area contributed by atoms with Crippen molar-refractivity contribution in [2.75, 3.05) is 7.11 Å². The average Bonchev–Trinajstić information content (AvgIpc) is 2.38. The van der Waals surface area contributed by atoms with Gasteiger partial charge in [-0.2, -0.15) is 0 Å². The Morgan fingerprint density at radius 3 is 2.76 bits per heavy atom. The molecule has 0 bridgehead atoms. The van der Waals surface area contributed by atoms with Crippen molar-refractivity contribution in [1.29, 1.82) is 0 Å². The first-order valence-electron chi connectivity index (χ1n) is 5.46. The Kier molecular flexibility index (Phi) is 3.40. The molecule has 1 aromatic heterocycles. The lowest BCUT2D eigenvalue weighted by atomic mass is 10.0. The van der Waals surface area contributed by atoms with Crippen LogP contribution in [0.1, 0.15) is 22.9 Å². The molecule has 0 amide bonds. The van der Waals surface area contributed by atoms with Crippen LogP contribution < -0.4 is 4.74 Å². The zero-order valence-corrected chi connectivity index (χ0v) is 9.92. The van der Waals surface area contributed by atoms with Gasteiger partial charge in [0.1, 0.15) is 17.5 Å². The standard InChI is InChI=1S/C14H15NO2/c1-10-5-3-6-11(9-10)14(16)13-12(17-2)7-4-8-15-13/h3-9,14,16H,1-2H3. The summed E-state index contributed by atoms with van der Waals surface area (Å²) in [6.45, 7) is 1.99. The van der Waals surface area contributed by atoms with Crippen LogP contribution in [-0.2, 0) is 0 Å². The molecule has 88 valence electrons. The first-order valence-corrected chi connectivity index (χ1v) is 5.46. The number of ether oxygens (including phenoxy) is 1. The summed E-state index contributed by atoms with van der Waals surface area (Å²) in [4.78, 5) is 4.18. The number of aryl methyl sites for hydroxylation is 1. The summed E-state index contributed by atoms with van der Waals surface area (Å²) in [6.07, 6.45) is 0.891. The number of pyridine rings is 1. The van der Waals surface area contributed by atoms with Gasteiger partial charge in [0.05, 0.1) is 7.11 Å². The van der Waals surface area contributed by atoms with Crippen LogP contribution in [0.4, 0.5) is 0 Å². The second-order valence-corrected chi connectivity index (χ2v) is 3.91. The Hall–Kier alpha value is -1.87. The number of hydrogen-bond donors (Lipinski definition) is 1. The minimum atomic E-state index is -0.758. The largest absolute Gasteiger partial charge is 0.495 e. The van der Waals surface area contributed by atoms with Crippen LogP contribution in [0, 0.1) is 6.92 Å². The van der Waals surface area contributed by atoms with Crippen molar-refractivity contribution in [1.82, 2.24) is 4.98 Å². The number of aromatic nitrogens is 1. The minimum Gasteiger partial charge on any atom is -0.495 e. The van der Waals surface area contributed by atoms with E-state index in [-0.39, 0.29) is 0 Å². The molecule has 0 aliphatic heterocycles. The van der Waals surface area contributed by atoms with Crippen LogP contribution in [0.2, 0.25) is 0 Å². The van der Waals surface area contributed by atoms with Gasteiger partial charge in [-0.1, -0.05) is 29.8 Å². The van der Waals surface area contributed by atoms with Crippen molar-refractivity contribution in [3.63, 3.8) is 0 Å². The molecule has 3 nitrogen and oxygen atoms in total. The monoisotopic (exact) mass is 229 g/mol. The molecule has 1 heterocycles. The van der Waals surface area contributed by atoms with Gasteiger partial charge in [-0.25, -0.2) is 0 Å². The molecule has 0 aliphatic carbocycles. The van der Waals surface area contributed by atoms with Crippen LogP contribution >= 0.6 is 0 Å². The average molecular weight is 229 g/mol. The highest BCUT2D eigenvalue weighted by Crippen LogP contribution is 2.27. The predicted octanol–water partition coefficient (Wildman–Crippen LogP) is 2.48. The van der Waals surface area contributed by atoms with Crippen molar-refractivity contribution >= 4 is 0 Å². The quantitative estimate of drug-likeness (QED) is 0.879. The molecule has 1 unspecified atom stereocenters. The van der Waals surface area contributed by atoms with Gasteiger partial charge in [0.15, 0.2) is 0 Å². The molecule has 0 saturated carbocycles. The fourth-order valence-electron chi connectivity index (χ4n) is 1.78. The molecule has 0 radical (unpaired) electrons. The number of benzene rings is 1. The summed E-state index contributed by atoms with van der Waals surface area (Å²) in [5.74, 6) is 0.599. The lowest BCUT2D eigenvalue weighted by Crippen LogP contribution is -2.04. The third kappa shape index (κ3) is 2.45. The van der Waals surface area contributed by atoms with Crippen molar-refractivity contribution in [3.8, 4) is 5.75 Å². The SMILES string of the molecule is COc1cccnc1C(O)c1cccc(C)c1. The van der Waals surface area contributed by atoms with Gasteiger partial charge < -0.3 is 9.84 Å². The summed E-state index contributed by atoms with van der Waals surface area (Å²) < 4.78 is 5.20. The van der Waals surface area contributed by atoms with E-state index in [0.29, 0.717) is 11.4 Å². The number of aliphatic hydroxyl groups is 1. The lowest BCUT2D eigenvalue weighted by molar-refractivity contribution is 0.209. The number of nitrogens with zero attached hydrogens (tertiary/aromatic N) is 1. The summed E-state index contributed by atoms with van der Waals surface area (Å²) in [6, 6.07) is 11.3. The zero-order valence-electron chi connectivity index (χ0n) is 9.92. The molecule has 0 aliphatic rings. The lowest BCUT2D eigenvalue weighted by Gasteiger charge is -2.14. The van der Waals surface area contributed by atoms with Gasteiger partial charge in [-0.15, -0.1) is 0 Å². The molecule has 0 fully saturated rings. The van der Waals surface area contributed by atoms with Crippen molar-refractivity contribution in [3.05, 3.63) is 59.4 Å². The molecule has 17 heavy (non-hydrogen) atoms. The smallest absolute Gasteiger partial charge is 0.143 e. The van der Waals surface area contributed by atoms with Gasteiger partial charge in [0.2, 0.25) is 0 Å². The van der Waals surface area contributed by atoms with E-state index in [2.05, 4.69) is 4.98 Å². The van der Waals surface area contributed by atoms with Gasteiger partial charge in [-0.3, -0.25) is 4.98 Å². The second-order valence-electron chi connectivity index (χ2n) is 3.91. The van der Waals surface area contributed by atoms with E-state index in [1.54, 1.807) is 25.4 Å². The maximum absolute atomic E-state index is 10.3. The Morgan fingerprint density at radius 2 is 2.06 bits per heavy atom. The third-order valence-electron chi connectivity index (χ3n) is 2.64. The van der Waals surface area contributed by atoms with Gasteiger partial charge in [0, 0.05) is 6.20 Å². The van der Waals surface area contributed by atoms with E-state index < -0.39 is 6.10 Å². The first kappa shape index (κ1) is 11.6. The van der Waals surface area contributed by atoms with E-state index in [0.717, 1.165) is 11.1 Å². The van der Waals surface area contributed by atoms with Gasteiger partial charge in [-0.05, 0) is 24.6 Å². The van der Waals surface area contributed by atoms with Gasteiger partial charge in [0.25, 0.3) is 0 Å². The van der Waals surface area contributed by atoms with E-state index in [1.807, 2.05) is 31.2 Å². The zero-order chi connectivity index (χ0) is 12.3. The molecule has 1 aromatic carbocycles. The highest BCUT2D eigenvalue weighted by Gasteiger charge is 2.16. The normalized spacial score (nSPS) is 12.2.